The van der Waals surface area contributed by atoms with Crippen molar-refractivity contribution in [1.82, 2.24) is 10.2 Å². The van der Waals surface area contributed by atoms with Crippen LogP contribution in [0.1, 0.15) is 31.4 Å². The summed E-state index contributed by atoms with van der Waals surface area (Å²) in [6.45, 7) is 4.52. The van der Waals surface area contributed by atoms with Crippen molar-refractivity contribution in [2.24, 2.45) is 5.92 Å². The number of alkyl carbamates (subject to hydrolysis) is 1. The molecule has 0 radical (unpaired) electrons. The van der Waals surface area contributed by atoms with E-state index in [-0.39, 0.29) is 37.3 Å². The molecular weight excluding hydrogens is 408 g/mol. The van der Waals surface area contributed by atoms with Crippen molar-refractivity contribution < 1.29 is 23.9 Å². The fourth-order valence-corrected chi connectivity index (χ4v) is 3.56. The van der Waals surface area contributed by atoms with E-state index >= 15 is 0 Å². The Morgan fingerprint density at radius 3 is 2.19 bits per heavy atom. The van der Waals surface area contributed by atoms with E-state index in [1.54, 1.807) is 0 Å². The highest BCUT2D eigenvalue weighted by atomic mass is 16.5. The van der Waals surface area contributed by atoms with Gasteiger partial charge in [0.05, 0.1) is 19.7 Å². The van der Waals surface area contributed by atoms with Crippen molar-refractivity contribution in [3.05, 3.63) is 71.8 Å². The van der Waals surface area contributed by atoms with E-state index in [1.807, 2.05) is 74.5 Å². The Balaban J connectivity index is 1.55. The number of Topliss-reactive ketones (excluding diaryl/α,β-unsaturated/α-hetero) is 1. The molecule has 1 aliphatic heterocycles. The molecule has 0 spiro atoms. The number of likely N-dealkylation sites (tertiary alicyclic amines) is 1. The molecule has 32 heavy (non-hydrogen) atoms. The Kier molecular flexibility index (Phi) is 8.39. The van der Waals surface area contributed by atoms with Crippen LogP contribution >= 0.6 is 0 Å². The van der Waals surface area contributed by atoms with Gasteiger partial charge < -0.3 is 19.7 Å². The zero-order valence-corrected chi connectivity index (χ0v) is 18.5. The fraction of sp³-hybridized carbons (Fsp3) is 0.400. The zero-order valence-electron chi connectivity index (χ0n) is 18.5. The zero-order chi connectivity index (χ0) is 22.9. The van der Waals surface area contributed by atoms with Crippen molar-refractivity contribution in [1.29, 1.82) is 0 Å². The van der Waals surface area contributed by atoms with Crippen LogP contribution in [0.25, 0.3) is 0 Å². The van der Waals surface area contributed by atoms with Gasteiger partial charge in [-0.05, 0) is 23.5 Å². The van der Waals surface area contributed by atoms with Crippen LogP contribution in [0.3, 0.4) is 0 Å². The molecule has 0 saturated carbocycles. The maximum absolute atomic E-state index is 13.1. The third kappa shape index (κ3) is 6.92. The molecule has 2 amide bonds. The van der Waals surface area contributed by atoms with E-state index in [0.717, 1.165) is 11.1 Å². The number of hydrogen-bond donors (Lipinski definition) is 1. The molecule has 1 fully saturated rings. The summed E-state index contributed by atoms with van der Waals surface area (Å²) in [7, 11) is 0. The number of ketones is 1. The van der Waals surface area contributed by atoms with Crippen molar-refractivity contribution in [2.75, 3.05) is 13.1 Å². The quantitative estimate of drug-likeness (QED) is 0.649. The number of nitrogens with zero attached hydrogens (tertiary/aromatic N) is 1. The number of amides is 2. The van der Waals surface area contributed by atoms with Gasteiger partial charge in [0.2, 0.25) is 5.91 Å². The molecule has 170 valence electrons. The second-order valence-corrected chi connectivity index (χ2v) is 8.36. The van der Waals surface area contributed by atoms with E-state index in [2.05, 4.69) is 5.32 Å². The number of rotatable bonds is 9. The highest BCUT2D eigenvalue weighted by Crippen LogP contribution is 2.16. The maximum atomic E-state index is 13.1. The molecule has 1 saturated heterocycles. The number of hydrogen-bond acceptors (Lipinski definition) is 5. The van der Waals surface area contributed by atoms with Crippen molar-refractivity contribution >= 4 is 17.8 Å². The average Bonchev–Trinajstić information content (AvgIpc) is 3.17. The van der Waals surface area contributed by atoms with Gasteiger partial charge in [-0.2, -0.15) is 0 Å². The van der Waals surface area contributed by atoms with Gasteiger partial charge in [0.15, 0.2) is 5.78 Å². The van der Waals surface area contributed by atoms with Crippen LogP contribution in [0.5, 0.6) is 0 Å². The Labute approximate surface area is 188 Å². The highest BCUT2D eigenvalue weighted by molar-refractivity contribution is 5.95. The van der Waals surface area contributed by atoms with Gasteiger partial charge in [-0.15, -0.1) is 0 Å². The smallest absolute Gasteiger partial charge is 0.408 e. The highest BCUT2D eigenvalue weighted by Gasteiger charge is 2.37. The Hall–Kier alpha value is -3.19. The van der Waals surface area contributed by atoms with Gasteiger partial charge in [0.1, 0.15) is 18.8 Å². The first-order valence-electron chi connectivity index (χ1n) is 10.9. The lowest BCUT2D eigenvalue weighted by Gasteiger charge is -2.25. The molecule has 7 nitrogen and oxygen atoms in total. The standard InChI is InChI=1S/C25H30N2O5/c1-18(2)13-21(26-25(30)32-17-20-11-7-4-8-12-20)24(29)27-14-22(28)23(15-27)31-16-19-9-5-3-6-10-19/h3-12,18,21,23H,13-17H2,1-2H3,(H,26,30). The number of nitrogens with one attached hydrogen (secondary N) is 1. The summed E-state index contributed by atoms with van der Waals surface area (Å²) in [6.07, 6.45) is -0.876. The van der Waals surface area contributed by atoms with Crippen molar-refractivity contribution in [3.8, 4) is 0 Å². The maximum Gasteiger partial charge on any atom is 0.408 e. The van der Waals surface area contributed by atoms with Gasteiger partial charge in [0.25, 0.3) is 0 Å². The molecule has 2 unspecified atom stereocenters. The summed E-state index contributed by atoms with van der Waals surface area (Å²) in [5.41, 5.74) is 1.82. The molecule has 1 aliphatic rings. The number of carbonyl (C=O) groups excluding carboxylic acids is 3. The molecule has 2 aromatic rings. The van der Waals surface area contributed by atoms with Crippen molar-refractivity contribution in [2.45, 2.75) is 45.6 Å². The van der Waals surface area contributed by atoms with Crippen LogP contribution in [-0.2, 0) is 32.3 Å². The first-order valence-corrected chi connectivity index (χ1v) is 10.9. The minimum Gasteiger partial charge on any atom is -0.445 e. The van der Waals surface area contributed by atoms with Gasteiger partial charge >= 0.3 is 6.09 Å². The van der Waals surface area contributed by atoms with E-state index in [4.69, 9.17) is 9.47 Å². The fourth-order valence-electron chi connectivity index (χ4n) is 3.56. The average molecular weight is 439 g/mol. The third-order valence-electron chi connectivity index (χ3n) is 5.21. The lowest BCUT2D eigenvalue weighted by Crippen LogP contribution is -2.49. The largest absolute Gasteiger partial charge is 0.445 e. The van der Waals surface area contributed by atoms with Gasteiger partial charge in [-0.25, -0.2) is 4.79 Å². The van der Waals surface area contributed by atoms with Crippen LogP contribution in [0.2, 0.25) is 0 Å². The molecule has 1 heterocycles. The first kappa shape index (κ1) is 23.5. The molecule has 0 bridgehead atoms. The molecular formula is C25H30N2O5. The van der Waals surface area contributed by atoms with E-state index in [1.165, 1.54) is 4.90 Å². The molecule has 2 aromatic carbocycles. The van der Waals surface area contributed by atoms with Gasteiger partial charge in [-0.1, -0.05) is 74.5 Å². The van der Waals surface area contributed by atoms with Crippen LogP contribution in [0, 0.1) is 5.92 Å². The molecule has 0 aromatic heterocycles. The van der Waals surface area contributed by atoms with Crippen molar-refractivity contribution in [3.63, 3.8) is 0 Å². The first-order chi connectivity index (χ1) is 15.4. The van der Waals surface area contributed by atoms with Crippen LogP contribution in [0.4, 0.5) is 4.79 Å². The molecule has 1 N–H and O–H groups in total. The summed E-state index contributed by atoms with van der Waals surface area (Å²) in [4.78, 5) is 39.3. The third-order valence-corrected chi connectivity index (χ3v) is 5.21. The summed E-state index contributed by atoms with van der Waals surface area (Å²) in [5, 5.41) is 2.68. The van der Waals surface area contributed by atoms with Crippen LogP contribution in [-0.4, -0.2) is 47.9 Å². The Morgan fingerprint density at radius 2 is 1.59 bits per heavy atom. The van der Waals surface area contributed by atoms with Gasteiger partial charge in [0, 0.05) is 0 Å². The van der Waals surface area contributed by atoms with E-state index in [0.29, 0.717) is 13.0 Å². The minimum absolute atomic E-state index is 0.0202. The predicted molar refractivity (Wildman–Crippen MR) is 120 cm³/mol. The van der Waals surface area contributed by atoms with Gasteiger partial charge in [-0.3, -0.25) is 9.59 Å². The number of benzene rings is 2. The second kappa shape index (κ2) is 11.4. The van der Waals surface area contributed by atoms with E-state index < -0.39 is 18.2 Å². The predicted octanol–water partition coefficient (Wildman–Crippen LogP) is 3.32. The molecule has 3 rings (SSSR count). The summed E-state index contributed by atoms with van der Waals surface area (Å²) >= 11 is 0. The second-order valence-electron chi connectivity index (χ2n) is 8.36. The number of carbonyl (C=O) groups is 3. The Bertz CT molecular complexity index is 901. The summed E-state index contributed by atoms with van der Waals surface area (Å²) in [6, 6.07) is 18.1. The number of ether oxygens (including phenoxy) is 2. The normalized spacial score (nSPS) is 16.8. The minimum atomic E-state index is -0.765. The van der Waals surface area contributed by atoms with Crippen LogP contribution < -0.4 is 5.32 Å². The lowest BCUT2D eigenvalue weighted by atomic mass is 10.0. The molecule has 7 heteroatoms. The molecule has 0 aliphatic carbocycles. The molecule has 2 atom stereocenters. The lowest BCUT2D eigenvalue weighted by molar-refractivity contribution is -0.134. The monoisotopic (exact) mass is 438 g/mol. The van der Waals surface area contributed by atoms with E-state index in [9.17, 15) is 14.4 Å². The Morgan fingerprint density at radius 1 is 1.00 bits per heavy atom. The topological polar surface area (TPSA) is 84.9 Å². The summed E-state index contributed by atoms with van der Waals surface area (Å²) < 4.78 is 11.0. The SMILES string of the molecule is CC(C)CC(NC(=O)OCc1ccccc1)C(=O)N1CC(=O)C(OCc2ccccc2)C1. The summed E-state index contributed by atoms with van der Waals surface area (Å²) in [5.74, 6) is -0.263. The van der Waals surface area contributed by atoms with Crippen LogP contribution in [0.15, 0.2) is 60.7 Å².